The predicted molar refractivity (Wildman–Crippen MR) is 87.8 cm³/mol. The normalized spacial score (nSPS) is 24.7. The molecule has 0 radical (unpaired) electrons. The number of hydrogen-bond acceptors (Lipinski definition) is 4. The lowest BCUT2D eigenvalue weighted by molar-refractivity contribution is -0.155. The van der Waals surface area contributed by atoms with Crippen LogP contribution in [-0.4, -0.2) is 59.9 Å². The molecule has 0 bridgehead atoms. The molecule has 1 saturated heterocycles. The summed E-state index contributed by atoms with van der Waals surface area (Å²) in [6, 6.07) is 4.94. The summed E-state index contributed by atoms with van der Waals surface area (Å²) in [6.07, 6.45) is 0. The first-order valence-electron chi connectivity index (χ1n) is 7.76. The molecule has 0 aliphatic carbocycles. The first kappa shape index (κ1) is 16.1. The highest BCUT2D eigenvalue weighted by atomic mass is 35.5. The Kier molecular flexibility index (Phi) is 4.21. The van der Waals surface area contributed by atoms with Gasteiger partial charge in [-0.3, -0.25) is 9.59 Å². The Labute approximate surface area is 140 Å². The zero-order chi connectivity index (χ0) is 16.6. The van der Waals surface area contributed by atoms with Crippen LogP contribution in [-0.2, 0) is 9.59 Å². The number of hydrogen-bond donors (Lipinski definition) is 1. The van der Waals surface area contributed by atoms with E-state index in [-0.39, 0.29) is 5.91 Å². The van der Waals surface area contributed by atoms with Crippen molar-refractivity contribution in [2.24, 2.45) is 0 Å². The van der Waals surface area contributed by atoms with Gasteiger partial charge in [0.05, 0.1) is 5.69 Å². The first-order valence-corrected chi connectivity index (χ1v) is 8.13. The molecule has 7 heteroatoms. The minimum Gasteiger partial charge on any atom is -0.466 e. The second kappa shape index (κ2) is 6.02. The van der Waals surface area contributed by atoms with Crippen LogP contribution in [0.5, 0.6) is 5.75 Å². The van der Waals surface area contributed by atoms with E-state index in [0.29, 0.717) is 29.5 Å². The zero-order valence-electron chi connectivity index (χ0n) is 13.3. The number of benzene rings is 1. The van der Waals surface area contributed by atoms with Crippen LogP contribution in [0.25, 0.3) is 0 Å². The highest BCUT2D eigenvalue weighted by Crippen LogP contribution is 2.36. The summed E-state index contributed by atoms with van der Waals surface area (Å²) in [5.41, 5.74) is -1.06. The summed E-state index contributed by atoms with van der Waals surface area (Å²) in [4.78, 5) is 29.3. The van der Waals surface area contributed by atoms with Gasteiger partial charge in [-0.1, -0.05) is 18.5 Å². The number of nitrogens with one attached hydrogen (secondary N) is 1. The molecular weight excluding hydrogens is 318 g/mol. The van der Waals surface area contributed by atoms with Gasteiger partial charge in [0.25, 0.3) is 17.4 Å². The molecule has 1 atom stereocenters. The quantitative estimate of drug-likeness (QED) is 0.833. The number of piperazine rings is 1. The van der Waals surface area contributed by atoms with E-state index in [1.807, 2.05) is 0 Å². The lowest BCUT2D eigenvalue weighted by Gasteiger charge is -2.40. The summed E-state index contributed by atoms with van der Waals surface area (Å²) in [5, 5.41) is 3.22. The van der Waals surface area contributed by atoms with Gasteiger partial charge < -0.3 is 19.9 Å². The number of likely N-dealkylation sites (N-methyl/N-ethyl adjacent to an activating group) is 1. The van der Waals surface area contributed by atoms with Crippen LogP contribution >= 0.6 is 11.6 Å². The first-order chi connectivity index (χ1) is 10.9. The Morgan fingerprint density at radius 1 is 1.35 bits per heavy atom. The minimum absolute atomic E-state index is 0.300. The predicted octanol–water partition coefficient (Wildman–Crippen LogP) is 1.59. The van der Waals surface area contributed by atoms with Crippen molar-refractivity contribution in [1.29, 1.82) is 0 Å². The third-order valence-electron chi connectivity index (χ3n) is 4.45. The highest BCUT2D eigenvalue weighted by Gasteiger charge is 2.49. The van der Waals surface area contributed by atoms with E-state index in [1.165, 1.54) is 6.92 Å². The molecule has 2 aliphatic heterocycles. The molecule has 3 rings (SSSR count). The molecule has 1 aromatic carbocycles. The maximum Gasteiger partial charge on any atom is 0.278 e. The largest absolute Gasteiger partial charge is 0.466 e. The maximum absolute atomic E-state index is 12.9. The average molecular weight is 338 g/mol. The number of halogens is 1. The molecule has 2 heterocycles. The number of carbonyl (C=O) groups is 2. The van der Waals surface area contributed by atoms with E-state index in [2.05, 4.69) is 17.1 Å². The van der Waals surface area contributed by atoms with Crippen molar-refractivity contribution in [3.8, 4) is 5.75 Å². The summed E-state index contributed by atoms with van der Waals surface area (Å²) >= 11 is 5.92. The number of rotatable bonds is 2. The van der Waals surface area contributed by atoms with Crippen LogP contribution in [0, 0.1) is 0 Å². The molecule has 0 saturated carbocycles. The number of nitrogens with zero attached hydrogens (tertiary/aromatic N) is 2. The number of anilines is 1. The fourth-order valence-electron chi connectivity index (χ4n) is 2.91. The number of amides is 2. The second-order valence-electron chi connectivity index (χ2n) is 5.96. The van der Waals surface area contributed by atoms with Gasteiger partial charge in [-0.05, 0) is 31.7 Å². The van der Waals surface area contributed by atoms with Crippen molar-refractivity contribution in [2.45, 2.75) is 19.4 Å². The number of ether oxygens (including phenoxy) is 1. The standard InChI is InChI=1S/C16H20ClN3O3/c1-3-19-6-8-20(9-7-19)15(22)16(2)14(21)18-12-10-11(17)4-5-13(12)23-16/h4-5,10H,3,6-9H2,1-2H3,(H,18,21). The summed E-state index contributed by atoms with van der Waals surface area (Å²) in [7, 11) is 0. The lowest BCUT2D eigenvalue weighted by atomic mass is 10.00. The third kappa shape index (κ3) is 2.88. The van der Waals surface area contributed by atoms with Crippen molar-refractivity contribution in [2.75, 3.05) is 38.0 Å². The monoisotopic (exact) mass is 337 g/mol. The van der Waals surface area contributed by atoms with E-state index in [1.54, 1.807) is 23.1 Å². The van der Waals surface area contributed by atoms with E-state index < -0.39 is 11.5 Å². The molecule has 23 heavy (non-hydrogen) atoms. The Morgan fingerprint density at radius 2 is 2.04 bits per heavy atom. The average Bonchev–Trinajstić information content (AvgIpc) is 2.56. The van der Waals surface area contributed by atoms with E-state index in [0.717, 1.165) is 19.6 Å². The third-order valence-corrected chi connectivity index (χ3v) is 4.69. The molecule has 6 nitrogen and oxygen atoms in total. The Hall–Kier alpha value is -1.79. The van der Waals surface area contributed by atoms with Crippen molar-refractivity contribution < 1.29 is 14.3 Å². The van der Waals surface area contributed by atoms with Crippen LogP contribution in [0.4, 0.5) is 5.69 Å². The fraction of sp³-hybridized carbons (Fsp3) is 0.500. The SMILES string of the molecule is CCN1CCN(C(=O)C2(C)Oc3ccc(Cl)cc3NC2=O)CC1. The van der Waals surface area contributed by atoms with Gasteiger partial charge in [-0.2, -0.15) is 0 Å². The molecule has 1 unspecified atom stereocenters. The summed E-state index contributed by atoms with van der Waals surface area (Å²) < 4.78 is 5.78. The van der Waals surface area contributed by atoms with Gasteiger partial charge in [0.15, 0.2) is 0 Å². The van der Waals surface area contributed by atoms with Crippen molar-refractivity contribution in [1.82, 2.24) is 9.80 Å². The Morgan fingerprint density at radius 3 is 2.70 bits per heavy atom. The molecule has 2 aliphatic rings. The molecule has 1 N–H and O–H groups in total. The smallest absolute Gasteiger partial charge is 0.278 e. The van der Waals surface area contributed by atoms with Gasteiger partial charge in [0.2, 0.25) is 0 Å². The van der Waals surface area contributed by atoms with Crippen LogP contribution in [0.2, 0.25) is 5.02 Å². The van der Waals surface area contributed by atoms with Crippen LogP contribution in [0.3, 0.4) is 0 Å². The molecule has 1 aromatic rings. The van der Waals surface area contributed by atoms with Crippen molar-refractivity contribution >= 4 is 29.1 Å². The fourth-order valence-corrected chi connectivity index (χ4v) is 3.08. The van der Waals surface area contributed by atoms with Gasteiger partial charge >= 0.3 is 0 Å². The molecular formula is C16H20ClN3O3. The minimum atomic E-state index is -1.55. The summed E-state index contributed by atoms with van der Waals surface area (Å²) in [6.45, 7) is 7.41. The van der Waals surface area contributed by atoms with Gasteiger partial charge in [-0.15, -0.1) is 0 Å². The van der Waals surface area contributed by atoms with Crippen LogP contribution in [0.1, 0.15) is 13.8 Å². The molecule has 1 fully saturated rings. The molecule has 0 aromatic heterocycles. The van der Waals surface area contributed by atoms with E-state index in [4.69, 9.17) is 16.3 Å². The van der Waals surface area contributed by atoms with Gasteiger partial charge in [0, 0.05) is 31.2 Å². The zero-order valence-corrected chi connectivity index (χ0v) is 14.0. The van der Waals surface area contributed by atoms with Crippen LogP contribution in [0.15, 0.2) is 18.2 Å². The Balaban J connectivity index is 1.80. The van der Waals surface area contributed by atoms with Crippen molar-refractivity contribution in [3.63, 3.8) is 0 Å². The summed E-state index contributed by atoms with van der Waals surface area (Å²) in [5.74, 6) is -0.307. The number of carbonyl (C=O) groups excluding carboxylic acids is 2. The van der Waals surface area contributed by atoms with E-state index >= 15 is 0 Å². The lowest BCUT2D eigenvalue weighted by Crippen LogP contribution is -2.62. The Bertz CT molecular complexity index is 643. The highest BCUT2D eigenvalue weighted by molar-refractivity contribution is 6.31. The van der Waals surface area contributed by atoms with Gasteiger partial charge in [-0.25, -0.2) is 0 Å². The molecule has 124 valence electrons. The molecule has 0 spiro atoms. The maximum atomic E-state index is 12.9. The van der Waals surface area contributed by atoms with Crippen LogP contribution < -0.4 is 10.1 Å². The van der Waals surface area contributed by atoms with Crippen molar-refractivity contribution in [3.05, 3.63) is 23.2 Å². The second-order valence-corrected chi connectivity index (χ2v) is 6.39. The van der Waals surface area contributed by atoms with Gasteiger partial charge in [0.1, 0.15) is 5.75 Å². The van der Waals surface area contributed by atoms with E-state index in [9.17, 15) is 9.59 Å². The number of fused-ring (bicyclic) bond motifs is 1. The molecule has 2 amide bonds. The topological polar surface area (TPSA) is 61.9 Å².